The molecule has 26 heavy (non-hydrogen) atoms. The predicted molar refractivity (Wildman–Crippen MR) is 98.5 cm³/mol. The molecule has 1 saturated heterocycles. The molecule has 2 aromatic rings. The summed E-state index contributed by atoms with van der Waals surface area (Å²) in [6.07, 6.45) is 2.60. The summed E-state index contributed by atoms with van der Waals surface area (Å²) in [5, 5.41) is 4.80. The van der Waals surface area contributed by atoms with E-state index in [0.29, 0.717) is 12.6 Å². The number of aromatic nitrogens is 2. The molecule has 0 N–H and O–H groups in total. The summed E-state index contributed by atoms with van der Waals surface area (Å²) in [6, 6.07) is 9.14. The van der Waals surface area contributed by atoms with E-state index >= 15 is 0 Å². The molecule has 2 aliphatic heterocycles. The number of benzene rings is 1. The second-order valence-electron chi connectivity index (χ2n) is 7.39. The number of fused-ring (bicyclic) bond motifs is 1. The Morgan fingerprint density at radius 3 is 2.81 bits per heavy atom. The van der Waals surface area contributed by atoms with Crippen molar-refractivity contribution in [3.63, 3.8) is 0 Å². The van der Waals surface area contributed by atoms with Gasteiger partial charge in [0.1, 0.15) is 18.2 Å². The highest BCUT2D eigenvalue weighted by Gasteiger charge is 2.23. The van der Waals surface area contributed by atoms with Crippen LogP contribution < -0.4 is 4.74 Å². The Kier molecular flexibility index (Phi) is 5.22. The number of likely N-dealkylation sites (tertiary alicyclic amines) is 1. The van der Waals surface area contributed by atoms with Crippen molar-refractivity contribution in [2.24, 2.45) is 0 Å². The van der Waals surface area contributed by atoms with Gasteiger partial charge >= 0.3 is 0 Å². The number of halogens is 1. The maximum atomic E-state index is 12.9. The lowest BCUT2D eigenvalue weighted by molar-refractivity contribution is 0.172. The first-order valence-corrected chi connectivity index (χ1v) is 9.58. The Labute approximate surface area is 154 Å². The van der Waals surface area contributed by atoms with Gasteiger partial charge in [0, 0.05) is 32.2 Å². The number of ether oxygens (including phenoxy) is 1. The molecule has 1 unspecified atom stereocenters. The van der Waals surface area contributed by atoms with Crippen molar-refractivity contribution in [2.45, 2.75) is 45.4 Å². The third kappa shape index (κ3) is 4.07. The highest BCUT2D eigenvalue weighted by molar-refractivity contribution is 5.22. The maximum absolute atomic E-state index is 12.9. The zero-order valence-corrected chi connectivity index (χ0v) is 15.4. The molecule has 0 saturated carbocycles. The Hall–Kier alpha value is -1.92. The van der Waals surface area contributed by atoms with E-state index < -0.39 is 0 Å². The van der Waals surface area contributed by atoms with Gasteiger partial charge in [-0.3, -0.25) is 14.5 Å². The molecule has 0 bridgehead atoms. The number of rotatable bonds is 6. The van der Waals surface area contributed by atoms with E-state index in [0.717, 1.165) is 38.5 Å². The number of hydrogen-bond acceptors (Lipinski definition) is 4. The average Bonchev–Trinajstić information content (AvgIpc) is 3.22. The molecule has 4 rings (SSSR count). The normalized spacial score (nSPS) is 21.1. The van der Waals surface area contributed by atoms with Gasteiger partial charge in [-0.05, 0) is 56.6 Å². The van der Waals surface area contributed by atoms with Crippen LogP contribution in [0.5, 0.6) is 5.75 Å². The summed E-state index contributed by atoms with van der Waals surface area (Å²) in [7, 11) is 0. The summed E-state index contributed by atoms with van der Waals surface area (Å²) in [5.74, 6) is 0.483. The summed E-state index contributed by atoms with van der Waals surface area (Å²) in [4.78, 5) is 4.92. The van der Waals surface area contributed by atoms with Gasteiger partial charge in [0.25, 0.3) is 0 Å². The van der Waals surface area contributed by atoms with E-state index in [9.17, 15) is 4.39 Å². The minimum absolute atomic E-state index is 0.235. The first-order chi connectivity index (χ1) is 12.7. The molecular formula is C20H27FN4O. The summed E-state index contributed by atoms with van der Waals surface area (Å²) < 4.78 is 20.8. The van der Waals surface area contributed by atoms with E-state index in [1.807, 2.05) is 0 Å². The van der Waals surface area contributed by atoms with Crippen molar-refractivity contribution in [2.75, 3.05) is 26.2 Å². The molecule has 3 heterocycles. The third-order valence-electron chi connectivity index (χ3n) is 5.47. The lowest BCUT2D eigenvalue weighted by Gasteiger charge is -2.27. The summed E-state index contributed by atoms with van der Waals surface area (Å²) in [5.41, 5.74) is 2.48. The molecule has 140 valence electrons. The van der Waals surface area contributed by atoms with Crippen LogP contribution in [0.3, 0.4) is 0 Å². The lowest BCUT2D eigenvalue weighted by atomic mass is 10.2. The fraction of sp³-hybridized carbons (Fsp3) is 0.550. The zero-order chi connectivity index (χ0) is 17.9. The van der Waals surface area contributed by atoms with Crippen LogP contribution in [0.25, 0.3) is 0 Å². The van der Waals surface area contributed by atoms with Crippen molar-refractivity contribution in [3.8, 4) is 5.75 Å². The smallest absolute Gasteiger partial charge is 0.123 e. The van der Waals surface area contributed by atoms with Gasteiger partial charge < -0.3 is 4.74 Å². The molecule has 1 aromatic heterocycles. The molecule has 2 aliphatic rings. The van der Waals surface area contributed by atoms with Gasteiger partial charge in [-0.15, -0.1) is 0 Å². The van der Waals surface area contributed by atoms with Crippen molar-refractivity contribution < 1.29 is 9.13 Å². The summed E-state index contributed by atoms with van der Waals surface area (Å²) >= 11 is 0. The van der Waals surface area contributed by atoms with Crippen molar-refractivity contribution >= 4 is 0 Å². The Balaban J connectivity index is 1.28. The molecule has 1 atom stereocenters. The van der Waals surface area contributed by atoms with Crippen LogP contribution in [0.2, 0.25) is 0 Å². The van der Waals surface area contributed by atoms with Crippen LogP contribution in [0.1, 0.15) is 31.2 Å². The third-order valence-corrected chi connectivity index (χ3v) is 5.47. The monoisotopic (exact) mass is 358 g/mol. The standard InChI is InChI=1S/C20H27FN4O/c1-16-3-2-8-24(16)14-18-13-19-15-23(9-10-25(19)22-18)11-12-26-20-6-4-17(21)5-7-20/h4-7,13,16H,2-3,8-12,14-15H2,1H3. The molecule has 0 spiro atoms. The van der Waals surface area contributed by atoms with Crippen LogP contribution >= 0.6 is 0 Å². The van der Waals surface area contributed by atoms with Crippen molar-refractivity contribution in [1.82, 2.24) is 19.6 Å². The average molecular weight is 358 g/mol. The fourth-order valence-electron chi connectivity index (χ4n) is 3.91. The van der Waals surface area contributed by atoms with Gasteiger partial charge in [0.15, 0.2) is 0 Å². The second-order valence-corrected chi connectivity index (χ2v) is 7.39. The highest BCUT2D eigenvalue weighted by Crippen LogP contribution is 2.21. The van der Waals surface area contributed by atoms with Crippen LogP contribution in [0, 0.1) is 5.82 Å². The Morgan fingerprint density at radius 1 is 1.19 bits per heavy atom. The van der Waals surface area contributed by atoms with E-state index in [4.69, 9.17) is 9.84 Å². The van der Waals surface area contributed by atoms with E-state index in [2.05, 4.69) is 27.5 Å². The topological polar surface area (TPSA) is 33.5 Å². The van der Waals surface area contributed by atoms with Crippen LogP contribution in [-0.4, -0.2) is 51.9 Å². The van der Waals surface area contributed by atoms with Gasteiger partial charge in [-0.25, -0.2) is 4.39 Å². The summed E-state index contributed by atoms with van der Waals surface area (Å²) in [6.45, 7) is 8.77. The molecule has 5 nitrogen and oxygen atoms in total. The second kappa shape index (κ2) is 7.76. The van der Waals surface area contributed by atoms with Crippen LogP contribution in [0.4, 0.5) is 4.39 Å². The van der Waals surface area contributed by atoms with Crippen LogP contribution in [-0.2, 0) is 19.6 Å². The van der Waals surface area contributed by atoms with E-state index in [1.54, 1.807) is 12.1 Å². The van der Waals surface area contributed by atoms with Gasteiger partial charge in [0.2, 0.25) is 0 Å². The largest absolute Gasteiger partial charge is 0.492 e. The predicted octanol–water partition coefficient (Wildman–Crippen LogP) is 2.90. The molecule has 6 heteroatoms. The van der Waals surface area contributed by atoms with Crippen molar-refractivity contribution in [1.29, 1.82) is 0 Å². The number of hydrogen-bond donors (Lipinski definition) is 0. The minimum Gasteiger partial charge on any atom is -0.492 e. The van der Waals surface area contributed by atoms with Gasteiger partial charge in [0.05, 0.1) is 17.9 Å². The molecule has 0 aliphatic carbocycles. The maximum Gasteiger partial charge on any atom is 0.123 e. The Morgan fingerprint density at radius 2 is 2.04 bits per heavy atom. The van der Waals surface area contributed by atoms with E-state index in [-0.39, 0.29) is 5.82 Å². The molecule has 0 amide bonds. The quantitative estimate of drug-likeness (QED) is 0.795. The SMILES string of the molecule is CC1CCCN1Cc1cc2n(n1)CCN(CCOc1ccc(F)cc1)C2. The Bertz CT molecular complexity index is 730. The minimum atomic E-state index is -0.235. The first-order valence-electron chi connectivity index (χ1n) is 9.58. The zero-order valence-electron chi connectivity index (χ0n) is 15.4. The van der Waals surface area contributed by atoms with Gasteiger partial charge in [-0.2, -0.15) is 5.10 Å². The van der Waals surface area contributed by atoms with Crippen LogP contribution in [0.15, 0.2) is 30.3 Å². The van der Waals surface area contributed by atoms with Gasteiger partial charge in [-0.1, -0.05) is 0 Å². The highest BCUT2D eigenvalue weighted by atomic mass is 19.1. The lowest BCUT2D eigenvalue weighted by Crippen LogP contribution is -2.36. The molecular weight excluding hydrogens is 331 g/mol. The molecule has 1 fully saturated rings. The number of nitrogens with zero attached hydrogens (tertiary/aromatic N) is 4. The fourth-order valence-corrected chi connectivity index (χ4v) is 3.91. The molecule has 0 radical (unpaired) electrons. The van der Waals surface area contributed by atoms with E-state index in [1.165, 1.54) is 42.9 Å². The molecule has 1 aromatic carbocycles. The van der Waals surface area contributed by atoms with Crippen molar-refractivity contribution in [3.05, 3.63) is 47.5 Å². The first kappa shape index (κ1) is 17.5.